The number of esters is 1. The van der Waals surface area contributed by atoms with Crippen LogP contribution in [0.15, 0.2) is 77.8 Å². The van der Waals surface area contributed by atoms with Crippen LogP contribution < -0.4 is 19.9 Å². The van der Waals surface area contributed by atoms with E-state index in [4.69, 9.17) is 44.3 Å². The Balaban J connectivity index is 1.46. The summed E-state index contributed by atoms with van der Waals surface area (Å²) in [5.74, 6) is -0.346. The average molecular weight is 703 g/mol. The Morgan fingerprint density at radius 1 is 0.936 bits per heavy atom. The highest BCUT2D eigenvalue weighted by Gasteiger charge is 2.44. The van der Waals surface area contributed by atoms with Gasteiger partial charge in [-0.2, -0.15) is 0 Å². The summed E-state index contributed by atoms with van der Waals surface area (Å²) in [6.45, 7) is 3.23. The van der Waals surface area contributed by atoms with Crippen molar-refractivity contribution < 1.29 is 23.9 Å². The normalized spacial score (nSPS) is 12.9. The molecular weight excluding hydrogens is 665 g/mol. The molecule has 0 unspecified atom stereocenters. The molecule has 0 saturated carbocycles. The minimum Gasteiger partial charge on any atom is -0.494 e. The van der Waals surface area contributed by atoms with Gasteiger partial charge in [-0.1, -0.05) is 53.0 Å². The van der Waals surface area contributed by atoms with Crippen LogP contribution in [0.5, 0.6) is 5.75 Å². The van der Waals surface area contributed by atoms with E-state index in [1.54, 1.807) is 41.1 Å². The van der Waals surface area contributed by atoms with Crippen LogP contribution in [-0.2, 0) is 20.9 Å². The lowest BCUT2D eigenvalue weighted by molar-refractivity contribution is -0.156. The number of aliphatic imine (C=N–C) groups is 1. The molecule has 1 aliphatic heterocycles. The molecule has 0 aromatic heterocycles. The van der Waals surface area contributed by atoms with E-state index >= 15 is 0 Å². The van der Waals surface area contributed by atoms with Gasteiger partial charge >= 0.3 is 5.97 Å². The average Bonchev–Trinajstić information content (AvgIpc) is 3.02. The van der Waals surface area contributed by atoms with Crippen molar-refractivity contribution in [1.82, 2.24) is 10.2 Å². The first kappa shape index (κ1) is 35.9. The fraction of sp³-hybridized carbons (Fsp3) is 0.353. The number of hydrogen-bond donors (Lipinski definition) is 1. The van der Waals surface area contributed by atoms with Gasteiger partial charge in [-0.05, 0) is 74.9 Å². The number of nitrogens with zero attached hydrogens (tertiary/aromatic N) is 4. The van der Waals surface area contributed by atoms with Crippen molar-refractivity contribution in [1.29, 1.82) is 0 Å². The van der Waals surface area contributed by atoms with Gasteiger partial charge < -0.3 is 24.2 Å². The van der Waals surface area contributed by atoms with E-state index in [9.17, 15) is 14.4 Å². The SMILES string of the molecule is CN(C)c1ccc(C(=O)NC2=Nc3ccc(OCCCC(=O)N(C)c4ccccc4)cc3CN2CC(=O)OC(C)(C)C(Cl)(Cl)Cl)cc1. The van der Waals surface area contributed by atoms with Crippen LogP contribution in [-0.4, -0.2) is 72.3 Å². The van der Waals surface area contributed by atoms with E-state index in [0.29, 0.717) is 36.4 Å². The van der Waals surface area contributed by atoms with Crippen molar-refractivity contribution in [3.05, 3.63) is 83.9 Å². The van der Waals surface area contributed by atoms with Crippen LogP contribution in [0.4, 0.5) is 17.1 Å². The second-order valence-electron chi connectivity index (χ2n) is 11.7. The van der Waals surface area contributed by atoms with Gasteiger partial charge in [0, 0.05) is 56.6 Å². The fourth-order valence-electron chi connectivity index (χ4n) is 4.58. The maximum atomic E-state index is 13.2. The second-order valence-corrected chi connectivity index (χ2v) is 14.0. The van der Waals surface area contributed by atoms with Crippen LogP contribution in [0.25, 0.3) is 0 Å². The van der Waals surface area contributed by atoms with E-state index < -0.39 is 21.3 Å². The maximum absolute atomic E-state index is 13.2. The standard InChI is InChI=1S/C34H38Cl3N5O5/c1-33(2,34(35,36)37)47-30(44)22-42-21-24-20-27(46-19-9-12-29(43)41(5)26-10-7-6-8-11-26)17-18-28(24)38-32(42)39-31(45)23-13-15-25(16-14-23)40(3)4/h6-8,10-11,13-18,20H,9,12,19,21-22H2,1-5H3,(H,38,39,45). The summed E-state index contributed by atoms with van der Waals surface area (Å²) in [5.41, 5.74) is 2.12. The number of amides is 2. The fourth-order valence-corrected chi connectivity index (χ4v) is 4.70. The summed E-state index contributed by atoms with van der Waals surface area (Å²) in [6.07, 6.45) is 0.843. The van der Waals surface area contributed by atoms with E-state index in [1.165, 1.54) is 13.8 Å². The molecule has 0 atom stereocenters. The van der Waals surface area contributed by atoms with Gasteiger partial charge in [0.2, 0.25) is 15.7 Å². The zero-order valence-corrected chi connectivity index (χ0v) is 29.2. The quantitative estimate of drug-likeness (QED) is 0.138. The van der Waals surface area contributed by atoms with Gasteiger partial charge in [-0.3, -0.25) is 19.7 Å². The van der Waals surface area contributed by atoms with Gasteiger partial charge in [0.1, 0.15) is 12.3 Å². The molecule has 10 nitrogen and oxygen atoms in total. The molecule has 0 aliphatic carbocycles. The Morgan fingerprint density at radius 3 is 2.26 bits per heavy atom. The van der Waals surface area contributed by atoms with Gasteiger partial charge in [-0.15, -0.1) is 0 Å². The van der Waals surface area contributed by atoms with Gasteiger partial charge in [-0.25, -0.2) is 4.99 Å². The number of halogens is 3. The number of nitrogens with one attached hydrogen (secondary N) is 1. The van der Waals surface area contributed by atoms with Crippen LogP contribution in [0.2, 0.25) is 0 Å². The molecule has 250 valence electrons. The lowest BCUT2D eigenvalue weighted by atomic mass is 10.1. The molecule has 1 N–H and O–H groups in total. The van der Waals surface area contributed by atoms with Crippen LogP contribution in [0.1, 0.15) is 42.6 Å². The van der Waals surface area contributed by atoms with Crippen LogP contribution >= 0.6 is 34.8 Å². The van der Waals surface area contributed by atoms with Crippen molar-refractivity contribution in [3.63, 3.8) is 0 Å². The van der Waals surface area contributed by atoms with Crippen molar-refractivity contribution in [2.45, 2.75) is 42.6 Å². The largest absolute Gasteiger partial charge is 0.494 e. The molecule has 0 radical (unpaired) electrons. The lowest BCUT2D eigenvalue weighted by Crippen LogP contribution is -2.49. The first-order valence-electron chi connectivity index (χ1n) is 14.9. The summed E-state index contributed by atoms with van der Waals surface area (Å²) in [7, 11) is 5.57. The summed E-state index contributed by atoms with van der Waals surface area (Å²) in [6, 6.07) is 21.9. The number of para-hydroxylation sites is 1. The van der Waals surface area contributed by atoms with Gasteiger partial charge in [0.25, 0.3) is 5.91 Å². The van der Waals surface area contributed by atoms with Crippen molar-refractivity contribution in [3.8, 4) is 5.75 Å². The smallest absolute Gasteiger partial charge is 0.326 e. The number of hydrogen-bond acceptors (Lipinski definition) is 8. The van der Waals surface area contributed by atoms with Gasteiger partial charge in [0.15, 0.2) is 5.60 Å². The minimum absolute atomic E-state index is 0.0109. The molecule has 13 heteroatoms. The zero-order valence-electron chi connectivity index (χ0n) is 26.9. The molecule has 0 saturated heterocycles. The van der Waals surface area contributed by atoms with E-state index in [0.717, 1.165) is 16.9 Å². The molecule has 2 amide bonds. The van der Waals surface area contributed by atoms with Crippen molar-refractivity contribution in [2.24, 2.45) is 4.99 Å². The molecule has 1 aliphatic rings. The summed E-state index contributed by atoms with van der Waals surface area (Å²) < 4.78 is 9.61. The summed E-state index contributed by atoms with van der Waals surface area (Å²) >= 11 is 18.1. The Hall–Kier alpha value is -3.99. The van der Waals surface area contributed by atoms with E-state index in [1.807, 2.05) is 67.5 Å². The Bertz CT molecular complexity index is 1610. The molecule has 1 heterocycles. The zero-order chi connectivity index (χ0) is 34.4. The number of benzene rings is 3. The number of guanidine groups is 1. The molecule has 4 rings (SSSR count). The molecule has 47 heavy (non-hydrogen) atoms. The third kappa shape index (κ3) is 9.53. The van der Waals surface area contributed by atoms with Crippen molar-refractivity contribution in [2.75, 3.05) is 44.1 Å². The monoisotopic (exact) mass is 701 g/mol. The number of fused-ring (bicyclic) bond motifs is 1. The number of carbonyl (C=O) groups is 3. The maximum Gasteiger partial charge on any atom is 0.326 e. The predicted octanol–water partition coefficient (Wildman–Crippen LogP) is 6.50. The number of ether oxygens (including phenoxy) is 2. The second kappa shape index (κ2) is 15.3. The molecule has 0 bridgehead atoms. The highest BCUT2D eigenvalue weighted by atomic mass is 35.6. The number of alkyl halides is 3. The summed E-state index contributed by atoms with van der Waals surface area (Å²) in [5, 5.41) is 2.83. The molecule has 3 aromatic rings. The third-order valence-corrected chi connectivity index (χ3v) is 8.87. The predicted molar refractivity (Wildman–Crippen MR) is 187 cm³/mol. The molecule has 0 fully saturated rings. The molecular formula is C34H38Cl3N5O5. The van der Waals surface area contributed by atoms with Crippen LogP contribution in [0, 0.1) is 0 Å². The lowest BCUT2D eigenvalue weighted by Gasteiger charge is -2.34. The van der Waals surface area contributed by atoms with Crippen molar-refractivity contribution >= 4 is 75.6 Å². The first-order valence-corrected chi connectivity index (χ1v) is 16.1. The molecule has 0 spiro atoms. The number of anilines is 2. The van der Waals surface area contributed by atoms with E-state index in [-0.39, 0.29) is 25.0 Å². The topological polar surface area (TPSA) is 104 Å². The van der Waals surface area contributed by atoms with Crippen LogP contribution in [0.3, 0.4) is 0 Å². The summed E-state index contributed by atoms with van der Waals surface area (Å²) in [4.78, 5) is 48.7. The highest BCUT2D eigenvalue weighted by molar-refractivity contribution is 6.68. The first-order chi connectivity index (χ1) is 22.1. The Kier molecular flexibility index (Phi) is 11.7. The Labute approximate surface area is 290 Å². The molecule has 3 aromatic carbocycles. The Morgan fingerprint density at radius 2 is 1.62 bits per heavy atom. The number of rotatable bonds is 11. The van der Waals surface area contributed by atoms with E-state index in [2.05, 4.69) is 10.3 Å². The third-order valence-electron chi connectivity index (χ3n) is 7.50. The van der Waals surface area contributed by atoms with Gasteiger partial charge in [0.05, 0.1) is 12.3 Å². The highest BCUT2D eigenvalue weighted by Crippen LogP contribution is 2.40. The number of carbonyl (C=O) groups excluding carboxylic acids is 3. The minimum atomic E-state index is -1.87.